The van der Waals surface area contributed by atoms with Crippen LogP contribution in [0.3, 0.4) is 0 Å². The third-order valence-electron chi connectivity index (χ3n) is 4.93. The second kappa shape index (κ2) is 8.65. The van der Waals surface area contributed by atoms with Crippen LogP contribution < -0.4 is 18.9 Å². The molecule has 6 nitrogen and oxygen atoms in total. The maximum atomic E-state index is 5.52. The predicted molar refractivity (Wildman–Crippen MR) is 124 cm³/mol. The Balaban J connectivity index is 1.82. The molecule has 2 aromatic rings. The fraction of sp³-hybridized carbons (Fsp3) is 0.227. The first-order valence-corrected chi connectivity index (χ1v) is 10.8. The van der Waals surface area contributed by atoms with Crippen molar-refractivity contribution in [2.75, 3.05) is 28.4 Å². The quantitative estimate of drug-likeness (QED) is 0.538. The van der Waals surface area contributed by atoms with Gasteiger partial charge in [-0.25, -0.2) is 4.99 Å². The summed E-state index contributed by atoms with van der Waals surface area (Å²) >= 11 is 5.29. The van der Waals surface area contributed by atoms with E-state index in [-0.39, 0.29) is 6.04 Å². The Kier molecular flexibility index (Phi) is 5.97. The topological polar surface area (TPSA) is 52.5 Å². The van der Waals surface area contributed by atoms with Crippen molar-refractivity contribution in [2.24, 2.45) is 4.99 Å². The number of hydrogen-bond acceptors (Lipinski definition) is 7. The molecular weight excluding hydrogens is 468 g/mol. The van der Waals surface area contributed by atoms with E-state index >= 15 is 0 Å². The van der Waals surface area contributed by atoms with E-state index in [9.17, 15) is 0 Å². The second-order valence-electron chi connectivity index (χ2n) is 6.50. The zero-order chi connectivity index (χ0) is 21.3. The van der Waals surface area contributed by atoms with Crippen LogP contribution in [0.15, 0.2) is 57.5 Å². The van der Waals surface area contributed by atoms with E-state index in [0.717, 1.165) is 32.2 Å². The maximum absolute atomic E-state index is 5.52. The number of methoxy groups -OCH3 is 4. The van der Waals surface area contributed by atoms with Crippen molar-refractivity contribution >= 4 is 38.6 Å². The van der Waals surface area contributed by atoms with E-state index in [2.05, 4.69) is 33.0 Å². The van der Waals surface area contributed by atoms with Crippen LogP contribution in [0.5, 0.6) is 23.0 Å². The number of fused-ring (bicyclic) bond motifs is 1. The summed E-state index contributed by atoms with van der Waals surface area (Å²) in [5.41, 5.74) is 2.84. The Morgan fingerprint density at radius 3 is 2.30 bits per heavy atom. The summed E-state index contributed by atoms with van der Waals surface area (Å²) in [6.45, 7) is 0. The van der Waals surface area contributed by atoms with Gasteiger partial charge in [-0.1, -0.05) is 33.8 Å². The van der Waals surface area contributed by atoms with Crippen LogP contribution in [0, 0.1) is 0 Å². The monoisotopic (exact) mass is 488 g/mol. The van der Waals surface area contributed by atoms with Gasteiger partial charge in [-0.05, 0) is 41.3 Å². The molecule has 30 heavy (non-hydrogen) atoms. The molecule has 0 saturated heterocycles. The Bertz CT molecular complexity index is 1040. The Morgan fingerprint density at radius 2 is 1.70 bits per heavy atom. The number of benzene rings is 2. The Morgan fingerprint density at radius 1 is 0.967 bits per heavy atom. The lowest BCUT2D eigenvalue weighted by molar-refractivity contribution is 0.324. The number of halogens is 1. The number of thioether (sulfide) groups is 1. The molecule has 2 aliphatic heterocycles. The fourth-order valence-electron chi connectivity index (χ4n) is 3.45. The lowest BCUT2D eigenvalue weighted by Gasteiger charge is -2.31. The zero-order valence-corrected chi connectivity index (χ0v) is 19.4. The van der Waals surface area contributed by atoms with E-state index < -0.39 is 0 Å². The zero-order valence-electron chi connectivity index (χ0n) is 17.0. The summed E-state index contributed by atoms with van der Waals surface area (Å²) in [5.74, 6) is 2.54. The van der Waals surface area contributed by atoms with Gasteiger partial charge in [-0.15, -0.1) is 0 Å². The van der Waals surface area contributed by atoms with Gasteiger partial charge in [-0.3, -0.25) is 0 Å². The first kappa shape index (κ1) is 20.7. The summed E-state index contributed by atoms with van der Waals surface area (Å²) in [6.07, 6.45) is 4.18. The van der Waals surface area contributed by atoms with E-state index in [4.69, 9.17) is 23.9 Å². The van der Waals surface area contributed by atoms with Crippen LogP contribution in [-0.4, -0.2) is 38.5 Å². The van der Waals surface area contributed by atoms with Crippen LogP contribution in [0.1, 0.15) is 17.2 Å². The molecule has 0 aliphatic carbocycles. The standard InChI is InChI=1S/C22H21BrN2O4S/c1-26-14-5-6-15(16(23)11-14)18-12-17(24-22-25(18)7-8-30-22)13-9-19(27-2)21(29-4)20(10-13)28-3/h5-12,18H,1-4H3. The summed E-state index contributed by atoms with van der Waals surface area (Å²) < 4.78 is 22.8. The molecule has 2 heterocycles. The van der Waals surface area contributed by atoms with E-state index in [1.165, 1.54) is 0 Å². The predicted octanol–water partition coefficient (Wildman–Crippen LogP) is 5.46. The van der Waals surface area contributed by atoms with Gasteiger partial charge in [0.1, 0.15) is 5.75 Å². The summed E-state index contributed by atoms with van der Waals surface area (Å²) in [7, 11) is 6.47. The molecule has 0 spiro atoms. The highest BCUT2D eigenvalue weighted by molar-refractivity contribution is 9.10. The molecule has 4 rings (SSSR count). The first-order valence-electron chi connectivity index (χ1n) is 9.15. The smallest absolute Gasteiger partial charge is 0.203 e. The lowest BCUT2D eigenvalue weighted by atomic mass is 10.0. The third kappa shape index (κ3) is 3.65. The van der Waals surface area contributed by atoms with Crippen molar-refractivity contribution in [3.63, 3.8) is 0 Å². The van der Waals surface area contributed by atoms with Crippen molar-refractivity contribution in [1.29, 1.82) is 0 Å². The van der Waals surface area contributed by atoms with Gasteiger partial charge in [0.2, 0.25) is 5.75 Å². The molecule has 8 heteroatoms. The molecule has 1 atom stereocenters. The van der Waals surface area contributed by atoms with Crippen molar-refractivity contribution in [3.8, 4) is 23.0 Å². The van der Waals surface area contributed by atoms with Gasteiger partial charge in [0.15, 0.2) is 16.7 Å². The third-order valence-corrected chi connectivity index (χ3v) is 6.39. The largest absolute Gasteiger partial charge is 0.497 e. The van der Waals surface area contributed by atoms with Gasteiger partial charge < -0.3 is 23.8 Å². The van der Waals surface area contributed by atoms with Crippen LogP contribution in [0.25, 0.3) is 5.70 Å². The average molecular weight is 489 g/mol. The summed E-state index contributed by atoms with van der Waals surface area (Å²) in [6, 6.07) is 9.81. The molecule has 156 valence electrons. The van der Waals surface area contributed by atoms with Crippen LogP contribution in [0.4, 0.5) is 0 Å². The molecule has 0 fully saturated rings. The van der Waals surface area contributed by atoms with Gasteiger partial charge in [0, 0.05) is 16.2 Å². The highest BCUT2D eigenvalue weighted by atomic mass is 79.9. The van der Waals surface area contributed by atoms with Gasteiger partial charge in [0.25, 0.3) is 0 Å². The number of amidine groups is 1. The van der Waals surface area contributed by atoms with Crippen molar-refractivity contribution in [1.82, 2.24) is 4.90 Å². The summed E-state index contributed by atoms with van der Waals surface area (Å²) in [4.78, 5) is 7.02. The molecular formula is C22H21BrN2O4S. The molecule has 0 N–H and O–H groups in total. The minimum atomic E-state index is -0.0295. The van der Waals surface area contributed by atoms with E-state index in [0.29, 0.717) is 17.2 Å². The first-order chi connectivity index (χ1) is 14.6. The fourth-order valence-corrected chi connectivity index (χ4v) is 4.80. The Hall–Kier alpha value is -2.58. The van der Waals surface area contributed by atoms with E-state index in [1.54, 1.807) is 40.2 Å². The minimum Gasteiger partial charge on any atom is -0.497 e. The summed E-state index contributed by atoms with van der Waals surface area (Å²) in [5, 5.41) is 2.95. The average Bonchev–Trinajstić information content (AvgIpc) is 3.26. The van der Waals surface area contributed by atoms with Crippen LogP contribution in [0.2, 0.25) is 0 Å². The number of nitrogens with zero attached hydrogens (tertiary/aromatic N) is 2. The van der Waals surface area contributed by atoms with Crippen LogP contribution in [-0.2, 0) is 0 Å². The SMILES string of the molecule is COc1ccc(C2C=C(c3cc(OC)c(OC)c(OC)c3)N=C3SC=CN32)c(Br)c1. The maximum Gasteiger partial charge on any atom is 0.203 e. The molecule has 0 radical (unpaired) electrons. The van der Waals surface area contributed by atoms with Crippen LogP contribution >= 0.6 is 27.7 Å². The number of ether oxygens (including phenoxy) is 4. The van der Waals surface area contributed by atoms with Gasteiger partial charge in [-0.2, -0.15) is 0 Å². The molecule has 0 aromatic heterocycles. The Labute approximate surface area is 188 Å². The van der Waals surface area contributed by atoms with Crippen molar-refractivity contribution < 1.29 is 18.9 Å². The molecule has 2 aliphatic rings. The molecule has 1 unspecified atom stereocenters. The highest BCUT2D eigenvalue weighted by Gasteiger charge is 2.30. The minimum absolute atomic E-state index is 0.0295. The number of aliphatic imine (C=N–C) groups is 1. The van der Waals surface area contributed by atoms with Gasteiger partial charge >= 0.3 is 0 Å². The van der Waals surface area contributed by atoms with Crippen molar-refractivity contribution in [2.45, 2.75) is 6.04 Å². The number of rotatable bonds is 6. The van der Waals surface area contributed by atoms with Crippen molar-refractivity contribution in [3.05, 3.63) is 63.6 Å². The molecule has 0 saturated carbocycles. The number of hydrogen-bond donors (Lipinski definition) is 0. The van der Waals surface area contributed by atoms with E-state index in [1.807, 2.05) is 35.9 Å². The van der Waals surface area contributed by atoms with Gasteiger partial charge in [0.05, 0.1) is 40.2 Å². The lowest BCUT2D eigenvalue weighted by Crippen LogP contribution is -2.27. The molecule has 2 aromatic carbocycles. The highest BCUT2D eigenvalue weighted by Crippen LogP contribution is 2.44. The second-order valence-corrected chi connectivity index (χ2v) is 8.23. The molecule has 0 amide bonds. The molecule has 0 bridgehead atoms. The normalized spacial score (nSPS) is 17.2.